The third-order valence-electron chi connectivity index (χ3n) is 4.97. The zero-order valence-corrected chi connectivity index (χ0v) is 18.2. The van der Waals surface area contributed by atoms with E-state index >= 15 is 0 Å². The minimum absolute atomic E-state index is 0.136. The van der Waals surface area contributed by atoms with Gasteiger partial charge in [-0.3, -0.25) is 4.79 Å². The predicted octanol–water partition coefficient (Wildman–Crippen LogP) is 4.32. The molecule has 1 amide bonds. The number of ether oxygens (including phenoxy) is 2. The topological polar surface area (TPSA) is 60.8 Å². The fourth-order valence-corrected chi connectivity index (χ4v) is 3.39. The van der Waals surface area contributed by atoms with Crippen molar-refractivity contribution in [2.75, 3.05) is 20.2 Å². The van der Waals surface area contributed by atoms with Crippen molar-refractivity contribution in [1.29, 1.82) is 0 Å². The van der Waals surface area contributed by atoms with Crippen molar-refractivity contribution < 1.29 is 14.3 Å². The largest absolute Gasteiger partial charge is 0.491 e. The number of carbonyl (C=O) groups excluding carboxylic acids is 1. The second-order valence-corrected chi connectivity index (χ2v) is 8.52. The molecule has 1 fully saturated rings. The molecule has 2 aromatic rings. The first-order chi connectivity index (χ1) is 14.2. The van der Waals surface area contributed by atoms with Crippen molar-refractivity contribution in [2.45, 2.75) is 45.8 Å². The summed E-state index contributed by atoms with van der Waals surface area (Å²) >= 11 is 0. The number of aromatic nitrogens is 1. The van der Waals surface area contributed by atoms with Gasteiger partial charge in [-0.1, -0.05) is 35.9 Å². The van der Waals surface area contributed by atoms with E-state index in [1.54, 1.807) is 21.7 Å². The molecule has 0 aliphatic carbocycles. The second-order valence-electron chi connectivity index (χ2n) is 8.52. The molecule has 0 saturated carbocycles. The molecule has 1 aromatic heterocycles. The molecule has 6 heteroatoms. The van der Waals surface area contributed by atoms with Gasteiger partial charge in [0.2, 0.25) is 0 Å². The Morgan fingerprint density at radius 3 is 2.37 bits per heavy atom. The number of rotatable bonds is 4. The van der Waals surface area contributed by atoms with Crippen LogP contribution in [0.2, 0.25) is 0 Å². The zero-order valence-electron chi connectivity index (χ0n) is 18.2. The maximum absolute atomic E-state index is 12.3. The van der Waals surface area contributed by atoms with E-state index in [0.717, 1.165) is 24.0 Å². The van der Waals surface area contributed by atoms with Gasteiger partial charge in [0.1, 0.15) is 5.60 Å². The van der Waals surface area contributed by atoms with Gasteiger partial charge in [-0.25, -0.2) is 4.79 Å². The third kappa shape index (κ3) is 5.75. The number of nitrogens with zero attached hydrogens (tertiary/aromatic N) is 2. The van der Waals surface area contributed by atoms with Gasteiger partial charge >= 0.3 is 6.09 Å². The number of piperidine rings is 1. The molecule has 1 aliphatic heterocycles. The standard InChI is InChI=1S/C24H30N2O4/c1-24(2,3)30-23(28)25-14-11-19(12-15-25)16-18-7-9-20(10-8-18)17-26-13-5-6-21(29-4)22(26)27/h5-10,13,16H,11-12,14-15,17H2,1-4H3. The molecule has 6 nitrogen and oxygen atoms in total. The summed E-state index contributed by atoms with van der Waals surface area (Å²) in [5.74, 6) is 0.344. The second kappa shape index (κ2) is 9.20. The zero-order chi connectivity index (χ0) is 21.7. The summed E-state index contributed by atoms with van der Waals surface area (Å²) in [6, 6.07) is 11.7. The minimum atomic E-state index is -0.467. The Morgan fingerprint density at radius 2 is 1.77 bits per heavy atom. The molecule has 0 radical (unpaired) electrons. The molecule has 0 spiro atoms. The number of carbonyl (C=O) groups is 1. The predicted molar refractivity (Wildman–Crippen MR) is 118 cm³/mol. The highest BCUT2D eigenvalue weighted by atomic mass is 16.6. The summed E-state index contributed by atoms with van der Waals surface area (Å²) in [4.78, 5) is 26.2. The van der Waals surface area contributed by atoms with Crippen LogP contribution in [0.4, 0.5) is 4.79 Å². The van der Waals surface area contributed by atoms with Crippen molar-refractivity contribution >= 4 is 12.2 Å². The van der Waals surface area contributed by atoms with Crippen LogP contribution in [-0.2, 0) is 11.3 Å². The number of methoxy groups -OCH3 is 1. The number of pyridine rings is 1. The van der Waals surface area contributed by atoms with Gasteiger partial charge in [0.25, 0.3) is 5.56 Å². The van der Waals surface area contributed by atoms with Crippen molar-refractivity contribution in [1.82, 2.24) is 9.47 Å². The third-order valence-corrected chi connectivity index (χ3v) is 4.97. The molecular weight excluding hydrogens is 380 g/mol. The molecule has 160 valence electrons. The molecule has 0 N–H and O–H groups in total. The normalized spacial score (nSPS) is 14.4. The van der Waals surface area contributed by atoms with Gasteiger partial charge < -0.3 is 18.9 Å². The van der Waals surface area contributed by atoms with E-state index < -0.39 is 5.60 Å². The molecule has 0 unspecified atom stereocenters. The van der Waals surface area contributed by atoms with E-state index in [2.05, 4.69) is 18.2 Å². The smallest absolute Gasteiger partial charge is 0.410 e. The van der Waals surface area contributed by atoms with Crippen molar-refractivity contribution in [3.63, 3.8) is 0 Å². The fraction of sp³-hybridized carbons (Fsp3) is 0.417. The Kier molecular flexibility index (Phi) is 6.65. The monoisotopic (exact) mass is 410 g/mol. The summed E-state index contributed by atoms with van der Waals surface area (Å²) in [5.41, 5.74) is 2.89. The Bertz CT molecular complexity index is 958. The van der Waals surface area contributed by atoms with E-state index in [1.807, 2.05) is 39.0 Å². The highest BCUT2D eigenvalue weighted by molar-refractivity contribution is 5.68. The van der Waals surface area contributed by atoms with Gasteiger partial charge in [-0.2, -0.15) is 0 Å². The summed E-state index contributed by atoms with van der Waals surface area (Å²) < 4.78 is 12.2. The number of hydrogen-bond acceptors (Lipinski definition) is 4. The van der Waals surface area contributed by atoms with E-state index in [1.165, 1.54) is 12.7 Å². The minimum Gasteiger partial charge on any atom is -0.491 e. The van der Waals surface area contributed by atoms with Crippen LogP contribution in [-0.4, -0.2) is 41.4 Å². The number of likely N-dealkylation sites (tertiary alicyclic amines) is 1. The summed E-state index contributed by atoms with van der Waals surface area (Å²) in [7, 11) is 1.50. The highest BCUT2D eigenvalue weighted by Gasteiger charge is 2.24. The molecule has 1 aliphatic rings. The lowest BCUT2D eigenvalue weighted by molar-refractivity contribution is 0.0237. The number of hydrogen-bond donors (Lipinski definition) is 0. The van der Waals surface area contributed by atoms with Crippen LogP contribution in [0.5, 0.6) is 5.75 Å². The van der Waals surface area contributed by atoms with Crippen molar-refractivity contribution in [2.24, 2.45) is 0 Å². The van der Waals surface area contributed by atoms with Crippen LogP contribution < -0.4 is 10.3 Å². The summed E-state index contributed by atoms with van der Waals surface area (Å²) in [6.07, 6.45) is 5.41. The Balaban J connectivity index is 1.59. The van der Waals surface area contributed by atoms with Crippen LogP contribution in [0.1, 0.15) is 44.7 Å². The van der Waals surface area contributed by atoms with Gasteiger partial charge in [-0.05, 0) is 56.9 Å². The Labute approximate surface area is 177 Å². The van der Waals surface area contributed by atoms with Crippen LogP contribution in [0.25, 0.3) is 6.08 Å². The molecule has 1 aromatic carbocycles. The first-order valence-electron chi connectivity index (χ1n) is 10.2. The summed E-state index contributed by atoms with van der Waals surface area (Å²) in [6.45, 7) is 7.50. The molecule has 30 heavy (non-hydrogen) atoms. The molecule has 0 atom stereocenters. The van der Waals surface area contributed by atoms with Crippen LogP contribution in [0, 0.1) is 0 Å². The lowest BCUT2D eigenvalue weighted by Gasteiger charge is -2.31. The maximum Gasteiger partial charge on any atom is 0.410 e. The van der Waals surface area contributed by atoms with Gasteiger partial charge in [0.05, 0.1) is 13.7 Å². The van der Waals surface area contributed by atoms with Gasteiger partial charge in [-0.15, -0.1) is 0 Å². The van der Waals surface area contributed by atoms with Gasteiger partial charge in [0, 0.05) is 19.3 Å². The Hall–Kier alpha value is -3.02. The first-order valence-corrected chi connectivity index (χ1v) is 10.2. The molecule has 3 rings (SSSR count). The van der Waals surface area contributed by atoms with Crippen molar-refractivity contribution in [3.8, 4) is 5.75 Å². The average molecular weight is 411 g/mol. The van der Waals surface area contributed by atoms with Crippen LogP contribution >= 0.6 is 0 Å². The molecule has 0 bridgehead atoms. The lowest BCUT2D eigenvalue weighted by atomic mass is 10.0. The van der Waals surface area contributed by atoms with E-state index in [0.29, 0.717) is 25.4 Å². The molecule has 2 heterocycles. The van der Waals surface area contributed by atoms with Crippen LogP contribution in [0.15, 0.2) is 53.0 Å². The fourth-order valence-electron chi connectivity index (χ4n) is 3.39. The SMILES string of the molecule is COc1cccn(Cc2ccc(C=C3CCN(C(=O)OC(C)(C)C)CC3)cc2)c1=O. The lowest BCUT2D eigenvalue weighted by Crippen LogP contribution is -2.40. The maximum atomic E-state index is 12.3. The first kappa shape index (κ1) is 21.7. The number of amides is 1. The van der Waals surface area contributed by atoms with E-state index in [-0.39, 0.29) is 11.7 Å². The molecule has 1 saturated heterocycles. The van der Waals surface area contributed by atoms with Crippen molar-refractivity contribution in [3.05, 3.63) is 69.6 Å². The van der Waals surface area contributed by atoms with Gasteiger partial charge in [0.15, 0.2) is 5.75 Å². The summed E-state index contributed by atoms with van der Waals surface area (Å²) in [5, 5.41) is 0. The average Bonchev–Trinajstić information content (AvgIpc) is 2.70. The highest BCUT2D eigenvalue weighted by Crippen LogP contribution is 2.21. The van der Waals surface area contributed by atoms with E-state index in [9.17, 15) is 9.59 Å². The van der Waals surface area contributed by atoms with Crippen LogP contribution in [0.3, 0.4) is 0 Å². The van der Waals surface area contributed by atoms with E-state index in [4.69, 9.17) is 9.47 Å². The number of benzene rings is 1. The quantitative estimate of drug-likeness (QED) is 0.753. The molecular formula is C24H30N2O4. The Morgan fingerprint density at radius 1 is 1.10 bits per heavy atom.